The number of hydrogen-bond acceptors (Lipinski definition) is 3. The zero-order valence-corrected chi connectivity index (χ0v) is 14.7. The molecule has 2 aromatic carbocycles. The molecule has 0 spiro atoms. The summed E-state index contributed by atoms with van der Waals surface area (Å²) in [5.74, 6) is 0.763. The van der Waals surface area contributed by atoms with Crippen LogP contribution in [0.15, 0.2) is 39.3 Å². The van der Waals surface area contributed by atoms with Gasteiger partial charge in [0.15, 0.2) is 11.5 Å². The molecule has 1 atom stereocenters. The monoisotopic (exact) mass is 417 g/mol. The standard InChI is InChI=1S/C15H14Br2FNO2/c1-20-13-6-10(11(17)7-14(13)21-2)15(19)9-4-3-8(16)5-12(9)18/h3-7,15H,19H2,1-2H3. The first-order valence-electron chi connectivity index (χ1n) is 6.10. The van der Waals surface area contributed by atoms with Gasteiger partial charge in [0.1, 0.15) is 5.82 Å². The van der Waals surface area contributed by atoms with E-state index in [4.69, 9.17) is 15.2 Å². The molecule has 0 bridgehead atoms. The molecule has 0 aliphatic rings. The lowest BCUT2D eigenvalue weighted by Crippen LogP contribution is -2.14. The highest BCUT2D eigenvalue weighted by Crippen LogP contribution is 2.37. The summed E-state index contributed by atoms with van der Waals surface area (Å²) in [5.41, 5.74) is 7.33. The summed E-state index contributed by atoms with van der Waals surface area (Å²) < 4.78 is 26.0. The van der Waals surface area contributed by atoms with Gasteiger partial charge in [0, 0.05) is 14.5 Å². The Morgan fingerprint density at radius 3 is 2.19 bits per heavy atom. The van der Waals surface area contributed by atoms with Gasteiger partial charge in [-0.05, 0) is 29.8 Å². The van der Waals surface area contributed by atoms with Gasteiger partial charge in [-0.1, -0.05) is 37.9 Å². The van der Waals surface area contributed by atoms with E-state index in [2.05, 4.69) is 31.9 Å². The Kier molecular flexibility index (Phi) is 5.24. The molecule has 0 fully saturated rings. The molecule has 0 saturated carbocycles. The minimum absolute atomic E-state index is 0.362. The van der Waals surface area contributed by atoms with Gasteiger partial charge in [-0.2, -0.15) is 0 Å². The number of rotatable bonds is 4. The molecule has 0 heterocycles. The average molecular weight is 419 g/mol. The number of ether oxygens (including phenoxy) is 2. The normalized spacial score (nSPS) is 12.1. The van der Waals surface area contributed by atoms with E-state index in [0.717, 1.165) is 4.47 Å². The minimum atomic E-state index is -0.618. The van der Waals surface area contributed by atoms with Gasteiger partial charge in [-0.25, -0.2) is 4.39 Å². The van der Waals surface area contributed by atoms with Crippen LogP contribution in [0.1, 0.15) is 17.2 Å². The molecular weight excluding hydrogens is 405 g/mol. The zero-order chi connectivity index (χ0) is 15.6. The molecule has 6 heteroatoms. The highest BCUT2D eigenvalue weighted by molar-refractivity contribution is 9.10. The molecule has 2 N–H and O–H groups in total. The number of benzene rings is 2. The van der Waals surface area contributed by atoms with Gasteiger partial charge in [0.2, 0.25) is 0 Å². The first-order chi connectivity index (χ1) is 9.97. The van der Waals surface area contributed by atoms with E-state index in [-0.39, 0.29) is 5.82 Å². The Balaban J connectivity index is 2.50. The lowest BCUT2D eigenvalue weighted by Gasteiger charge is -2.18. The maximum atomic E-state index is 14.1. The van der Waals surface area contributed by atoms with Crippen LogP contribution >= 0.6 is 31.9 Å². The summed E-state index contributed by atoms with van der Waals surface area (Å²) in [4.78, 5) is 0. The summed E-state index contributed by atoms with van der Waals surface area (Å²) in [6.45, 7) is 0. The third-order valence-corrected chi connectivity index (χ3v) is 4.32. The summed E-state index contributed by atoms with van der Waals surface area (Å²) in [6.07, 6.45) is 0. The van der Waals surface area contributed by atoms with Gasteiger partial charge in [-0.3, -0.25) is 0 Å². The van der Waals surface area contributed by atoms with Crippen molar-refractivity contribution in [3.05, 3.63) is 56.2 Å². The van der Waals surface area contributed by atoms with Crippen molar-refractivity contribution in [2.45, 2.75) is 6.04 Å². The maximum absolute atomic E-state index is 14.1. The number of methoxy groups -OCH3 is 2. The molecule has 0 aromatic heterocycles. The maximum Gasteiger partial charge on any atom is 0.161 e. The Morgan fingerprint density at radius 1 is 1.00 bits per heavy atom. The SMILES string of the molecule is COc1cc(Br)c(C(N)c2ccc(Br)cc2F)cc1OC. The fraction of sp³-hybridized carbons (Fsp3) is 0.200. The molecule has 2 aromatic rings. The topological polar surface area (TPSA) is 44.5 Å². The van der Waals surface area contributed by atoms with Crippen LogP contribution in [0.25, 0.3) is 0 Å². The number of hydrogen-bond donors (Lipinski definition) is 1. The smallest absolute Gasteiger partial charge is 0.161 e. The summed E-state index contributed by atoms with van der Waals surface area (Å²) >= 11 is 6.67. The Hall–Kier alpha value is -1.11. The Morgan fingerprint density at radius 2 is 1.62 bits per heavy atom. The van der Waals surface area contributed by atoms with Gasteiger partial charge in [0.25, 0.3) is 0 Å². The highest BCUT2D eigenvalue weighted by atomic mass is 79.9. The average Bonchev–Trinajstić information content (AvgIpc) is 2.46. The number of halogens is 3. The van der Waals surface area contributed by atoms with E-state index >= 15 is 0 Å². The van der Waals surface area contributed by atoms with E-state index < -0.39 is 6.04 Å². The van der Waals surface area contributed by atoms with Crippen LogP contribution in [0.2, 0.25) is 0 Å². The van der Waals surface area contributed by atoms with Gasteiger partial charge in [-0.15, -0.1) is 0 Å². The first-order valence-corrected chi connectivity index (χ1v) is 7.68. The van der Waals surface area contributed by atoms with Crippen molar-refractivity contribution in [2.24, 2.45) is 5.73 Å². The van der Waals surface area contributed by atoms with Crippen LogP contribution in [-0.4, -0.2) is 14.2 Å². The molecule has 0 saturated heterocycles. The molecule has 21 heavy (non-hydrogen) atoms. The molecule has 1 unspecified atom stereocenters. The van der Waals surface area contributed by atoms with Gasteiger partial charge >= 0.3 is 0 Å². The van der Waals surface area contributed by atoms with Crippen molar-refractivity contribution >= 4 is 31.9 Å². The summed E-state index contributed by atoms with van der Waals surface area (Å²) in [5, 5.41) is 0. The molecule has 112 valence electrons. The van der Waals surface area contributed by atoms with Gasteiger partial charge in [0.05, 0.1) is 20.3 Å². The van der Waals surface area contributed by atoms with E-state index in [0.29, 0.717) is 27.1 Å². The second-order valence-corrected chi connectivity index (χ2v) is 6.14. The van der Waals surface area contributed by atoms with E-state index in [9.17, 15) is 4.39 Å². The van der Waals surface area contributed by atoms with Crippen molar-refractivity contribution < 1.29 is 13.9 Å². The van der Waals surface area contributed by atoms with Crippen molar-refractivity contribution in [1.82, 2.24) is 0 Å². The second kappa shape index (κ2) is 6.77. The summed E-state index contributed by atoms with van der Waals surface area (Å²) in [6, 6.07) is 7.69. The fourth-order valence-corrected chi connectivity index (χ4v) is 2.93. The van der Waals surface area contributed by atoms with Crippen molar-refractivity contribution in [2.75, 3.05) is 14.2 Å². The predicted molar refractivity (Wildman–Crippen MR) is 87.4 cm³/mol. The fourth-order valence-electron chi connectivity index (χ4n) is 2.03. The largest absolute Gasteiger partial charge is 0.493 e. The molecule has 2 rings (SSSR count). The predicted octanol–water partition coefficient (Wildman–Crippen LogP) is 4.42. The van der Waals surface area contributed by atoms with Crippen LogP contribution in [0, 0.1) is 5.82 Å². The second-order valence-electron chi connectivity index (χ2n) is 4.37. The van der Waals surface area contributed by atoms with Crippen LogP contribution in [0.3, 0.4) is 0 Å². The lowest BCUT2D eigenvalue weighted by atomic mass is 9.98. The third kappa shape index (κ3) is 3.39. The molecule has 0 aliphatic carbocycles. The van der Waals surface area contributed by atoms with Crippen LogP contribution in [0.4, 0.5) is 4.39 Å². The molecule has 0 aliphatic heterocycles. The van der Waals surface area contributed by atoms with Crippen molar-refractivity contribution in [3.63, 3.8) is 0 Å². The van der Waals surface area contributed by atoms with E-state index in [1.807, 2.05) is 0 Å². The van der Waals surface area contributed by atoms with E-state index in [1.54, 1.807) is 38.5 Å². The summed E-state index contributed by atoms with van der Waals surface area (Å²) in [7, 11) is 3.10. The quantitative estimate of drug-likeness (QED) is 0.799. The van der Waals surface area contributed by atoms with Crippen molar-refractivity contribution in [3.8, 4) is 11.5 Å². The number of nitrogens with two attached hydrogens (primary N) is 1. The molecule has 0 amide bonds. The Bertz CT molecular complexity index is 664. The van der Waals surface area contributed by atoms with Crippen molar-refractivity contribution in [1.29, 1.82) is 0 Å². The van der Waals surface area contributed by atoms with E-state index in [1.165, 1.54) is 6.07 Å². The minimum Gasteiger partial charge on any atom is -0.493 e. The van der Waals surface area contributed by atoms with Crippen LogP contribution < -0.4 is 15.2 Å². The zero-order valence-electron chi connectivity index (χ0n) is 11.5. The lowest BCUT2D eigenvalue weighted by molar-refractivity contribution is 0.354. The van der Waals surface area contributed by atoms with Crippen LogP contribution in [0.5, 0.6) is 11.5 Å². The third-order valence-electron chi connectivity index (χ3n) is 3.14. The molecule has 0 radical (unpaired) electrons. The van der Waals surface area contributed by atoms with Crippen LogP contribution in [-0.2, 0) is 0 Å². The molecule has 3 nitrogen and oxygen atoms in total. The Labute approximate surface area is 139 Å². The highest BCUT2D eigenvalue weighted by Gasteiger charge is 2.19. The molecular formula is C15H14Br2FNO2. The first kappa shape index (κ1) is 16.3. The van der Waals surface area contributed by atoms with Gasteiger partial charge < -0.3 is 15.2 Å².